The number of hydrogen-bond acceptors (Lipinski definition) is 4. The predicted molar refractivity (Wildman–Crippen MR) is 116 cm³/mol. The zero-order valence-corrected chi connectivity index (χ0v) is 16.7. The van der Waals surface area contributed by atoms with Crippen LogP contribution in [0.4, 0.5) is 0 Å². The second-order valence-electron chi connectivity index (χ2n) is 8.03. The summed E-state index contributed by atoms with van der Waals surface area (Å²) in [6.07, 6.45) is 3.08. The minimum atomic E-state index is -1.79. The fourth-order valence-electron chi connectivity index (χ4n) is 4.75. The Morgan fingerprint density at radius 2 is 1.50 bits per heavy atom. The molecule has 0 amide bonds. The average molecular weight is 397 g/mol. The molecular formula is C26H23NO3. The van der Waals surface area contributed by atoms with Crippen LogP contribution in [0.2, 0.25) is 0 Å². The van der Waals surface area contributed by atoms with Gasteiger partial charge in [0.05, 0.1) is 11.3 Å². The van der Waals surface area contributed by atoms with Crippen molar-refractivity contribution in [3.8, 4) is 0 Å². The number of fused-ring (bicyclic) bond motifs is 1. The van der Waals surface area contributed by atoms with Crippen molar-refractivity contribution in [2.24, 2.45) is 0 Å². The second-order valence-corrected chi connectivity index (χ2v) is 8.03. The molecule has 1 aliphatic heterocycles. The third-order valence-corrected chi connectivity index (χ3v) is 6.25. The third kappa shape index (κ3) is 2.71. The number of Topliss-reactive ketones (excluding diaryl/α,β-unsaturated/α-hetero) is 2. The highest BCUT2D eigenvalue weighted by Gasteiger charge is 2.58. The Labute approximate surface area is 175 Å². The Morgan fingerprint density at radius 3 is 2.27 bits per heavy atom. The SMILES string of the molecule is O=C(C1=C(N2CCCCC2)C(O)(c2cccc3ccccc23)C1=O)c1ccccc1. The van der Waals surface area contributed by atoms with E-state index in [2.05, 4.69) is 0 Å². The third-order valence-electron chi connectivity index (χ3n) is 6.25. The van der Waals surface area contributed by atoms with Crippen molar-refractivity contribution in [1.29, 1.82) is 0 Å². The van der Waals surface area contributed by atoms with Crippen LogP contribution < -0.4 is 0 Å². The van der Waals surface area contributed by atoms with Crippen LogP contribution in [0.25, 0.3) is 10.8 Å². The summed E-state index contributed by atoms with van der Waals surface area (Å²) in [5.74, 6) is -0.820. The number of piperidine rings is 1. The lowest BCUT2D eigenvalue weighted by atomic mass is 9.67. The molecule has 0 bridgehead atoms. The van der Waals surface area contributed by atoms with Crippen LogP contribution in [0.5, 0.6) is 0 Å². The molecule has 5 rings (SSSR count). The lowest BCUT2D eigenvalue weighted by Crippen LogP contribution is -2.56. The second kappa shape index (κ2) is 7.22. The smallest absolute Gasteiger partial charge is 0.211 e. The molecule has 0 aromatic heterocycles. The molecule has 1 saturated heterocycles. The number of likely N-dealkylation sites (tertiary alicyclic amines) is 1. The number of carbonyl (C=O) groups is 2. The van der Waals surface area contributed by atoms with E-state index < -0.39 is 11.4 Å². The van der Waals surface area contributed by atoms with Gasteiger partial charge < -0.3 is 10.0 Å². The lowest BCUT2D eigenvalue weighted by Gasteiger charge is -2.47. The monoisotopic (exact) mass is 397 g/mol. The summed E-state index contributed by atoms with van der Waals surface area (Å²) in [6, 6.07) is 22.2. The first-order chi connectivity index (χ1) is 14.6. The van der Waals surface area contributed by atoms with Crippen LogP contribution in [-0.2, 0) is 10.4 Å². The summed E-state index contributed by atoms with van der Waals surface area (Å²) in [5, 5.41) is 13.6. The normalized spacial score (nSPS) is 21.6. The Morgan fingerprint density at radius 1 is 0.833 bits per heavy atom. The van der Waals surface area contributed by atoms with Crippen LogP contribution in [0.1, 0.15) is 35.2 Å². The van der Waals surface area contributed by atoms with E-state index in [1.54, 1.807) is 30.3 Å². The lowest BCUT2D eigenvalue weighted by molar-refractivity contribution is -0.137. The first-order valence-corrected chi connectivity index (χ1v) is 10.5. The molecule has 4 heteroatoms. The highest BCUT2D eigenvalue weighted by Crippen LogP contribution is 2.48. The highest BCUT2D eigenvalue weighted by molar-refractivity contribution is 6.34. The van der Waals surface area contributed by atoms with Gasteiger partial charge in [-0.2, -0.15) is 0 Å². The Kier molecular flexibility index (Phi) is 4.52. The maximum atomic E-state index is 13.4. The summed E-state index contributed by atoms with van der Waals surface area (Å²) < 4.78 is 0. The van der Waals surface area contributed by atoms with Gasteiger partial charge in [0.1, 0.15) is 0 Å². The predicted octanol–water partition coefficient (Wildman–Crippen LogP) is 4.23. The maximum Gasteiger partial charge on any atom is 0.211 e. The summed E-state index contributed by atoms with van der Waals surface area (Å²) >= 11 is 0. The average Bonchev–Trinajstić information content (AvgIpc) is 2.82. The van der Waals surface area contributed by atoms with Gasteiger partial charge >= 0.3 is 0 Å². The molecule has 3 aromatic rings. The van der Waals surface area contributed by atoms with Gasteiger partial charge in [0, 0.05) is 24.2 Å². The topological polar surface area (TPSA) is 57.6 Å². The van der Waals surface area contributed by atoms with Gasteiger partial charge in [-0.25, -0.2) is 0 Å². The number of aliphatic hydroxyl groups is 1. The van der Waals surface area contributed by atoms with Gasteiger partial charge in [0.25, 0.3) is 0 Å². The summed E-state index contributed by atoms with van der Waals surface area (Å²) in [4.78, 5) is 28.7. The quantitative estimate of drug-likeness (QED) is 0.529. The molecule has 1 heterocycles. The van der Waals surface area contributed by atoms with E-state index in [1.165, 1.54) is 0 Å². The van der Waals surface area contributed by atoms with Crippen molar-refractivity contribution < 1.29 is 14.7 Å². The highest BCUT2D eigenvalue weighted by atomic mass is 16.3. The van der Waals surface area contributed by atoms with E-state index >= 15 is 0 Å². The zero-order valence-electron chi connectivity index (χ0n) is 16.7. The molecule has 1 atom stereocenters. The molecule has 30 heavy (non-hydrogen) atoms. The molecule has 1 N–H and O–H groups in total. The molecule has 2 aliphatic rings. The Balaban J connectivity index is 1.71. The van der Waals surface area contributed by atoms with Crippen molar-refractivity contribution in [1.82, 2.24) is 4.90 Å². The van der Waals surface area contributed by atoms with Gasteiger partial charge in [0.2, 0.25) is 5.78 Å². The fourth-order valence-corrected chi connectivity index (χ4v) is 4.75. The van der Waals surface area contributed by atoms with Gasteiger partial charge in [-0.3, -0.25) is 9.59 Å². The molecule has 0 saturated carbocycles. The van der Waals surface area contributed by atoms with E-state index in [-0.39, 0.29) is 11.4 Å². The molecule has 0 spiro atoms. The van der Waals surface area contributed by atoms with Gasteiger partial charge in [-0.05, 0) is 30.0 Å². The number of carbonyl (C=O) groups excluding carboxylic acids is 2. The molecule has 150 valence electrons. The van der Waals surface area contributed by atoms with E-state index in [0.717, 1.165) is 43.1 Å². The van der Waals surface area contributed by atoms with Crippen LogP contribution in [0.3, 0.4) is 0 Å². The first kappa shape index (κ1) is 18.8. The molecule has 3 aromatic carbocycles. The van der Waals surface area contributed by atoms with Crippen LogP contribution >= 0.6 is 0 Å². The Bertz CT molecular complexity index is 1170. The number of ketones is 2. The standard InChI is InChI=1S/C26H23NO3/c28-23(19-11-3-1-4-12-19)22-24(27-16-7-2-8-17-27)26(30,25(22)29)21-15-9-13-18-10-5-6-14-20(18)21/h1,3-6,9-15,30H,2,7-8,16-17H2. The summed E-state index contributed by atoms with van der Waals surface area (Å²) in [7, 11) is 0. The molecule has 0 radical (unpaired) electrons. The van der Waals surface area contributed by atoms with Crippen molar-refractivity contribution in [3.63, 3.8) is 0 Å². The number of rotatable bonds is 4. The van der Waals surface area contributed by atoms with Crippen LogP contribution in [0, 0.1) is 0 Å². The van der Waals surface area contributed by atoms with Crippen LogP contribution in [-0.4, -0.2) is 34.7 Å². The van der Waals surface area contributed by atoms with Crippen molar-refractivity contribution >= 4 is 22.3 Å². The van der Waals surface area contributed by atoms with E-state index in [9.17, 15) is 14.7 Å². The summed E-state index contributed by atoms with van der Waals surface area (Å²) in [5.41, 5.74) is -0.181. The van der Waals surface area contributed by atoms with E-state index in [4.69, 9.17) is 0 Å². The number of hydrogen-bond donors (Lipinski definition) is 1. The van der Waals surface area contributed by atoms with Gasteiger partial charge in [-0.1, -0.05) is 72.8 Å². The van der Waals surface area contributed by atoms with Crippen LogP contribution in [0.15, 0.2) is 84.1 Å². The zero-order chi connectivity index (χ0) is 20.7. The molecular weight excluding hydrogens is 374 g/mol. The van der Waals surface area contributed by atoms with Crippen molar-refractivity contribution in [2.45, 2.75) is 24.9 Å². The van der Waals surface area contributed by atoms with Gasteiger partial charge in [-0.15, -0.1) is 0 Å². The number of benzene rings is 3. The molecule has 1 fully saturated rings. The maximum absolute atomic E-state index is 13.4. The van der Waals surface area contributed by atoms with Crippen molar-refractivity contribution in [3.05, 3.63) is 95.2 Å². The minimum Gasteiger partial charge on any atom is -0.372 e. The first-order valence-electron chi connectivity index (χ1n) is 10.5. The molecule has 1 unspecified atom stereocenters. The Hall–Kier alpha value is -3.24. The van der Waals surface area contributed by atoms with Gasteiger partial charge in [0.15, 0.2) is 11.4 Å². The fraction of sp³-hybridized carbons (Fsp3) is 0.231. The molecule has 1 aliphatic carbocycles. The summed E-state index contributed by atoms with van der Waals surface area (Å²) in [6.45, 7) is 1.47. The van der Waals surface area contributed by atoms with E-state index in [1.807, 2.05) is 47.4 Å². The largest absolute Gasteiger partial charge is 0.372 e. The van der Waals surface area contributed by atoms with E-state index in [0.29, 0.717) is 16.8 Å². The van der Waals surface area contributed by atoms with Crippen molar-refractivity contribution in [2.75, 3.05) is 13.1 Å². The molecule has 4 nitrogen and oxygen atoms in total. The minimum absolute atomic E-state index is 0.124. The number of nitrogens with zero attached hydrogens (tertiary/aromatic N) is 1.